The molecule has 1 aromatic rings. The Kier molecular flexibility index (Phi) is 3.98. The number of halogens is 2. The van der Waals surface area contributed by atoms with E-state index < -0.39 is 16.4 Å². The first-order chi connectivity index (χ1) is 8.56. The zero-order chi connectivity index (χ0) is 13.1. The molecule has 98 valence electrons. The molecule has 0 radical (unpaired) electrons. The van der Waals surface area contributed by atoms with Gasteiger partial charge in [0, 0.05) is 25.2 Å². The molecule has 0 saturated carbocycles. The largest absolute Gasteiger partial charge is 0.490 e. The number of nitro benzene ring substituents is 1. The minimum Gasteiger partial charge on any atom is -0.490 e. The third kappa shape index (κ3) is 3.08. The van der Waals surface area contributed by atoms with Gasteiger partial charge in [0.15, 0.2) is 0 Å². The molecule has 0 spiro atoms. The Bertz CT molecular complexity index is 450. The second-order valence-electron chi connectivity index (χ2n) is 4.10. The van der Waals surface area contributed by atoms with Crippen LogP contribution in [0, 0.1) is 15.9 Å². The van der Waals surface area contributed by atoms with Crippen molar-refractivity contribution in [3.05, 3.63) is 34.1 Å². The van der Waals surface area contributed by atoms with E-state index in [0.717, 1.165) is 25.0 Å². The van der Waals surface area contributed by atoms with E-state index >= 15 is 0 Å². The van der Waals surface area contributed by atoms with Crippen molar-refractivity contribution in [2.45, 2.75) is 18.9 Å². The highest BCUT2D eigenvalue weighted by Crippen LogP contribution is 2.25. The SMILES string of the molecule is O=[N+]([O-])c1ccc(OC2CCN(Cl)CC2)cc1F. The maximum atomic E-state index is 13.4. The number of hydrogen-bond acceptors (Lipinski definition) is 4. The number of rotatable bonds is 3. The quantitative estimate of drug-likeness (QED) is 0.483. The number of piperidine rings is 1. The van der Waals surface area contributed by atoms with Crippen LogP contribution in [0.5, 0.6) is 5.75 Å². The Morgan fingerprint density at radius 1 is 1.44 bits per heavy atom. The van der Waals surface area contributed by atoms with Crippen molar-refractivity contribution in [2.75, 3.05) is 13.1 Å². The third-order valence-corrected chi connectivity index (χ3v) is 3.14. The Morgan fingerprint density at radius 2 is 2.11 bits per heavy atom. The third-order valence-electron chi connectivity index (χ3n) is 2.81. The molecule has 5 nitrogen and oxygen atoms in total. The van der Waals surface area contributed by atoms with E-state index in [0.29, 0.717) is 18.8 Å². The standard InChI is InChI=1S/C11H12ClFN2O3/c12-14-5-3-8(4-6-14)18-9-1-2-11(15(16)17)10(13)7-9/h1-2,7-8H,3-6H2. The van der Waals surface area contributed by atoms with Gasteiger partial charge in [-0.1, -0.05) is 0 Å². The average molecular weight is 275 g/mol. The van der Waals surface area contributed by atoms with Gasteiger partial charge in [0.05, 0.1) is 4.92 Å². The summed E-state index contributed by atoms with van der Waals surface area (Å²) in [6, 6.07) is 3.57. The van der Waals surface area contributed by atoms with Gasteiger partial charge in [0.2, 0.25) is 5.82 Å². The van der Waals surface area contributed by atoms with Crippen molar-refractivity contribution in [1.29, 1.82) is 0 Å². The lowest BCUT2D eigenvalue weighted by molar-refractivity contribution is -0.387. The predicted octanol–water partition coefficient (Wildman–Crippen LogP) is 2.73. The van der Waals surface area contributed by atoms with Crippen LogP contribution in [0.2, 0.25) is 0 Å². The maximum absolute atomic E-state index is 13.4. The van der Waals surface area contributed by atoms with Gasteiger partial charge in [-0.2, -0.15) is 4.39 Å². The van der Waals surface area contributed by atoms with Gasteiger partial charge in [-0.05, 0) is 30.7 Å². The minimum atomic E-state index is -0.882. The van der Waals surface area contributed by atoms with Crippen LogP contribution in [0.15, 0.2) is 18.2 Å². The van der Waals surface area contributed by atoms with Crippen molar-refractivity contribution < 1.29 is 14.1 Å². The van der Waals surface area contributed by atoms with E-state index in [1.165, 1.54) is 6.07 Å². The Labute approximate surface area is 108 Å². The minimum absolute atomic E-state index is 0.0270. The van der Waals surface area contributed by atoms with Crippen LogP contribution in [0.1, 0.15) is 12.8 Å². The molecule has 0 aromatic heterocycles. The molecule has 0 N–H and O–H groups in total. The van der Waals surface area contributed by atoms with Gasteiger partial charge in [-0.25, -0.2) is 4.42 Å². The van der Waals surface area contributed by atoms with Crippen LogP contribution in [0.4, 0.5) is 10.1 Å². The molecule has 18 heavy (non-hydrogen) atoms. The molecule has 0 bridgehead atoms. The molecule has 1 fully saturated rings. The highest BCUT2D eigenvalue weighted by Gasteiger charge is 2.20. The van der Waals surface area contributed by atoms with Crippen LogP contribution in [-0.2, 0) is 0 Å². The summed E-state index contributed by atoms with van der Waals surface area (Å²) in [5, 5.41) is 10.5. The van der Waals surface area contributed by atoms with Crippen LogP contribution >= 0.6 is 11.8 Å². The Morgan fingerprint density at radius 3 is 2.67 bits per heavy atom. The monoisotopic (exact) mass is 274 g/mol. The van der Waals surface area contributed by atoms with E-state index in [1.807, 2.05) is 0 Å². The van der Waals surface area contributed by atoms with Crippen molar-refractivity contribution in [1.82, 2.24) is 4.42 Å². The van der Waals surface area contributed by atoms with Gasteiger partial charge >= 0.3 is 5.69 Å². The number of ether oxygens (including phenoxy) is 1. The lowest BCUT2D eigenvalue weighted by Crippen LogP contribution is -2.33. The lowest BCUT2D eigenvalue weighted by atomic mass is 10.1. The zero-order valence-corrected chi connectivity index (χ0v) is 10.3. The number of nitrogens with zero attached hydrogens (tertiary/aromatic N) is 2. The number of benzene rings is 1. The van der Waals surface area contributed by atoms with Crippen LogP contribution in [-0.4, -0.2) is 28.5 Å². The van der Waals surface area contributed by atoms with E-state index in [9.17, 15) is 14.5 Å². The molecule has 1 aliphatic rings. The van der Waals surface area contributed by atoms with Crippen LogP contribution in [0.25, 0.3) is 0 Å². The predicted molar refractivity (Wildman–Crippen MR) is 64.1 cm³/mol. The maximum Gasteiger partial charge on any atom is 0.305 e. The topological polar surface area (TPSA) is 55.6 Å². The summed E-state index contributed by atoms with van der Waals surface area (Å²) in [4.78, 5) is 9.70. The van der Waals surface area contributed by atoms with Gasteiger partial charge < -0.3 is 4.74 Å². The molecule has 1 heterocycles. The fourth-order valence-corrected chi connectivity index (χ4v) is 2.04. The smallest absolute Gasteiger partial charge is 0.305 e. The van der Waals surface area contributed by atoms with Crippen molar-refractivity contribution in [3.63, 3.8) is 0 Å². The summed E-state index contributed by atoms with van der Waals surface area (Å²) < 4.78 is 20.6. The molecular weight excluding hydrogens is 263 g/mol. The number of nitro groups is 1. The summed E-state index contributed by atoms with van der Waals surface area (Å²) in [7, 11) is 0. The summed E-state index contributed by atoms with van der Waals surface area (Å²) in [5.74, 6) is -0.571. The van der Waals surface area contributed by atoms with Gasteiger partial charge in [0.1, 0.15) is 11.9 Å². The normalized spacial score (nSPS) is 17.7. The molecule has 0 unspecified atom stereocenters. The molecule has 0 atom stereocenters. The Hall–Kier alpha value is -1.40. The molecule has 1 saturated heterocycles. The van der Waals surface area contributed by atoms with Gasteiger partial charge in [-0.15, -0.1) is 0 Å². The molecule has 0 aliphatic carbocycles. The first kappa shape index (κ1) is 13.0. The summed E-state index contributed by atoms with van der Waals surface area (Å²) in [6.07, 6.45) is 1.48. The van der Waals surface area contributed by atoms with Gasteiger partial charge in [0.25, 0.3) is 0 Å². The second kappa shape index (κ2) is 5.49. The fraction of sp³-hybridized carbons (Fsp3) is 0.455. The summed E-state index contributed by atoms with van der Waals surface area (Å²) in [5.41, 5.74) is -0.544. The molecule has 0 amide bonds. The highest BCUT2D eigenvalue weighted by molar-refractivity contribution is 6.13. The first-order valence-corrected chi connectivity index (χ1v) is 5.91. The van der Waals surface area contributed by atoms with E-state index in [4.69, 9.17) is 16.5 Å². The molecule has 1 aromatic carbocycles. The molecule has 1 aliphatic heterocycles. The second-order valence-corrected chi connectivity index (χ2v) is 4.58. The average Bonchev–Trinajstić information content (AvgIpc) is 2.32. The van der Waals surface area contributed by atoms with E-state index in [2.05, 4.69) is 0 Å². The van der Waals surface area contributed by atoms with Crippen molar-refractivity contribution in [2.24, 2.45) is 0 Å². The Balaban J connectivity index is 2.02. The zero-order valence-electron chi connectivity index (χ0n) is 9.51. The fourth-order valence-electron chi connectivity index (χ4n) is 1.84. The molecular formula is C11H12ClFN2O3. The van der Waals surface area contributed by atoms with E-state index in [1.54, 1.807) is 4.42 Å². The van der Waals surface area contributed by atoms with Crippen molar-refractivity contribution >= 4 is 17.5 Å². The molecule has 2 rings (SSSR count). The number of hydrogen-bond donors (Lipinski definition) is 0. The van der Waals surface area contributed by atoms with E-state index in [-0.39, 0.29) is 6.10 Å². The highest BCUT2D eigenvalue weighted by atomic mass is 35.5. The van der Waals surface area contributed by atoms with Crippen LogP contribution in [0.3, 0.4) is 0 Å². The summed E-state index contributed by atoms with van der Waals surface area (Å²) in [6.45, 7) is 1.42. The lowest BCUT2D eigenvalue weighted by Gasteiger charge is -2.27. The molecule has 7 heteroatoms. The first-order valence-electron chi connectivity index (χ1n) is 5.57. The van der Waals surface area contributed by atoms with Crippen molar-refractivity contribution in [3.8, 4) is 5.75 Å². The van der Waals surface area contributed by atoms with Gasteiger partial charge in [-0.3, -0.25) is 10.1 Å². The summed E-state index contributed by atoms with van der Waals surface area (Å²) >= 11 is 5.81. The van der Waals surface area contributed by atoms with Crippen LogP contribution < -0.4 is 4.74 Å².